The van der Waals surface area contributed by atoms with Crippen LogP contribution in [0.4, 0.5) is 43.4 Å². The second-order valence-electron chi connectivity index (χ2n) is 9.55. The van der Waals surface area contributed by atoms with Gasteiger partial charge >= 0.3 is 12.4 Å². The van der Waals surface area contributed by atoms with E-state index < -0.39 is 37.2 Å². The van der Waals surface area contributed by atoms with Gasteiger partial charge in [0.15, 0.2) is 8.07 Å². The summed E-state index contributed by atoms with van der Waals surface area (Å²) in [6, 6.07) is 35.4. The minimum Gasteiger partial charge on any atom is -0.309 e. The van der Waals surface area contributed by atoms with Crippen LogP contribution in [0.5, 0.6) is 0 Å². The SMILES string of the molecule is FC(F)(F)c1cccc(C(F)(F)F)c1N1c2ccccc2[Si](c2ccccc2)(c2ccccc2)c2ccccc21. The van der Waals surface area contributed by atoms with Crippen LogP contribution in [0.15, 0.2) is 127 Å². The van der Waals surface area contributed by atoms with Crippen LogP contribution < -0.4 is 25.6 Å². The molecular formula is C32H21F6NSi. The third-order valence-corrected chi connectivity index (χ3v) is 12.2. The average molecular weight is 562 g/mol. The van der Waals surface area contributed by atoms with E-state index in [1.165, 1.54) is 0 Å². The molecule has 5 aromatic rings. The first-order chi connectivity index (χ1) is 19.1. The van der Waals surface area contributed by atoms with E-state index in [4.69, 9.17) is 0 Å². The topological polar surface area (TPSA) is 3.24 Å². The first kappa shape index (κ1) is 25.9. The molecule has 0 unspecified atom stereocenters. The number of alkyl halides is 6. The quantitative estimate of drug-likeness (QED) is 0.168. The Hall–Kier alpha value is -4.30. The summed E-state index contributed by atoms with van der Waals surface area (Å²) in [5, 5.41) is 3.36. The lowest BCUT2D eigenvalue weighted by molar-refractivity contribution is -0.141. The predicted molar refractivity (Wildman–Crippen MR) is 148 cm³/mol. The molecule has 0 saturated carbocycles. The van der Waals surface area contributed by atoms with Crippen molar-refractivity contribution in [2.24, 2.45) is 0 Å². The van der Waals surface area contributed by atoms with E-state index >= 15 is 0 Å². The molecule has 0 spiro atoms. The van der Waals surface area contributed by atoms with Crippen LogP contribution in [0.25, 0.3) is 0 Å². The molecule has 1 nitrogen and oxygen atoms in total. The van der Waals surface area contributed by atoms with E-state index in [-0.39, 0.29) is 0 Å². The zero-order valence-corrected chi connectivity index (χ0v) is 21.8. The third kappa shape index (κ3) is 3.93. The van der Waals surface area contributed by atoms with Gasteiger partial charge in [-0.15, -0.1) is 0 Å². The number of benzene rings is 5. The van der Waals surface area contributed by atoms with Crippen LogP contribution >= 0.6 is 0 Å². The first-order valence-corrected chi connectivity index (χ1v) is 14.5. The van der Waals surface area contributed by atoms with Crippen molar-refractivity contribution in [1.29, 1.82) is 0 Å². The van der Waals surface area contributed by atoms with Crippen molar-refractivity contribution in [2.45, 2.75) is 12.4 Å². The van der Waals surface area contributed by atoms with Crippen LogP contribution in [-0.4, -0.2) is 8.07 Å². The van der Waals surface area contributed by atoms with Gasteiger partial charge < -0.3 is 4.90 Å². The molecule has 0 aliphatic carbocycles. The first-order valence-electron chi connectivity index (χ1n) is 12.5. The van der Waals surface area contributed by atoms with Crippen LogP contribution in [0.1, 0.15) is 11.1 Å². The highest BCUT2D eigenvalue weighted by Gasteiger charge is 2.51. The molecule has 8 heteroatoms. The second-order valence-corrected chi connectivity index (χ2v) is 13.3. The maximum atomic E-state index is 14.4. The zero-order valence-electron chi connectivity index (χ0n) is 20.8. The lowest BCUT2D eigenvalue weighted by Crippen LogP contribution is -2.77. The van der Waals surface area contributed by atoms with E-state index in [9.17, 15) is 26.3 Å². The van der Waals surface area contributed by atoms with Gasteiger partial charge in [0.1, 0.15) is 0 Å². The molecular weight excluding hydrogens is 540 g/mol. The maximum Gasteiger partial charge on any atom is 0.418 e. The molecule has 0 amide bonds. The summed E-state index contributed by atoms with van der Waals surface area (Å²) in [6.45, 7) is 0. The Labute approximate surface area is 228 Å². The fraction of sp³-hybridized carbons (Fsp3) is 0.0625. The summed E-state index contributed by atoms with van der Waals surface area (Å²) < 4.78 is 86.5. The molecule has 0 fully saturated rings. The number of hydrogen-bond acceptors (Lipinski definition) is 1. The van der Waals surface area contributed by atoms with E-state index in [0.29, 0.717) is 33.9 Å². The molecule has 1 heterocycles. The van der Waals surface area contributed by atoms with Crippen molar-refractivity contribution in [1.82, 2.24) is 0 Å². The molecule has 0 saturated heterocycles. The van der Waals surface area contributed by atoms with Gasteiger partial charge in [-0.25, -0.2) is 0 Å². The lowest BCUT2D eigenvalue weighted by Gasteiger charge is -2.45. The number of nitrogens with zero attached hydrogens (tertiary/aromatic N) is 1. The van der Waals surface area contributed by atoms with Crippen LogP contribution in [0.2, 0.25) is 0 Å². The van der Waals surface area contributed by atoms with E-state index in [1.807, 2.05) is 72.8 Å². The monoisotopic (exact) mass is 561 g/mol. The molecule has 40 heavy (non-hydrogen) atoms. The summed E-state index contributed by atoms with van der Waals surface area (Å²) in [7, 11) is -3.18. The number of hydrogen-bond donors (Lipinski definition) is 0. The van der Waals surface area contributed by atoms with Gasteiger partial charge in [0.05, 0.1) is 16.8 Å². The molecule has 5 aromatic carbocycles. The number of fused-ring (bicyclic) bond motifs is 2. The molecule has 1 aliphatic heterocycles. The van der Waals surface area contributed by atoms with E-state index in [2.05, 4.69) is 0 Å². The molecule has 1 aliphatic rings. The van der Waals surface area contributed by atoms with Crippen molar-refractivity contribution in [3.8, 4) is 0 Å². The Kier molecular flexibility index (Phi) is 6.11. The minimum atomic E-state index is -5.02. The third-order valence-electron chi connectivity index (χ3n) is 7.38. The number of para-hydroxylation sites is 3. The van der Waals surface area contributed by atoms with Gasteiger partial charge in [0.2, 0.25) is 0 Å². The highest BCUT2D eigenvalue weighted by atomic mass is 28.3. The van der Waals surface area contributed by atoms with Crippen LogP contribution in [-0.2, 0) is 12.4 Å². The normalized spacial score (nSPS) is 14.4. The van der Waals surface area contributed by atoms with Crippen LogP contribution in [0.3, 0.4) is 0 Å². The molecule has 0 atom stereocenters. The number of halogens is 6. The molecule has 6 rings (SSSR count). The van der Waals surface area contributed by atoms with Gasteiger partial charge in [-0.3, -0.25) is 0 Å². The molecule has 0 aromatic heterocycles. The van der Waals surface area contributed by atoms with Crippen molar-refractivity contribution in [3.05, 3.63) is 139 Å². The highest BCUT2D eigenvalue weighted by Crippen LogP contribution is 2.49. The molecule has 0 bridgehead atoms. The average Bonchev–Trinajstić information content (AvgIpc) is 2.95. The fourth-order valence-electron chi connectivity index (χ4n) is 5.89. The molecule has 0 N–H and O–H groups in total. The highest BCUT2D eigenvalue weighted by molar-refractivity contribution is 7.21. The van der Waals surface area contributed by atoms with Crippen LogP contribution in [0, 0.1) is 0 Å². The predicted octanol–water partition coefficient (Wildman–Crippen LogP) is 6.88. The zero-order chi connectivity index (χ0) is 28.1. The smallest absolute Gasteiger partial charge is 0.309 e. The largest absolute Gasteiger partial charge is 0.418 e. The molecule has 200 valence electrons. The summed E-state index contributed by atoms with van der Waals surface area (Å²) in [5.74, 6) is 0. The van der Waals surface area contributed by atoms with Crippen molar-refractivity contribution >= 4 is 45.9 Å². The second kappa shape index (κ2) is 9.41. The fourth-order valence-corrected chi connectivity index (χ4v) is 11.0. The van der Waals surface area contributed by atoms with Gasteiger partial charge in [-0.1, -0.05) is 103 Å². The van der Waals surface area contributed by atoms with Crippen molar-refractivity contribution < 1.29 is 26.3 Å². The lowest BCUT2D eigenvalue weighted by atomic mass is 10.0. The van der Waals surface area contributed by atoms with Crippen molar-refractivity contribution in [3.63, 3.8) is 0 Å². The Bertz CT molecular complexity index is 1560. The summed E-state index contributed by atoms with van der Waals surface area (Å²) in [5.41, 5.74) is -3.03. The standard InChI is InChI=1S/C32H21F6NSi/c33-31(34,35)24-16-11-17-25(32(36,37)38)30(24)39-26-18-7-9-20-28(26)40(22-12-3-1-4-13-22,23-14-5-2-6-15-23)29-21-10-8-19-27(29)39/h1-21H. The van der Waals surface area contributed by atoms with Gasteiger partial charge in [-0.05, 0) is 45.0 Å². The van der Waals surface area contributed by atoms with Gasteiger partial charge in [-0.2, -0.15) is 26.3 Å². The van der Waals surface area contributed by atoms with Gasteiger partial charge in [0, 0.05) is 11.4 Å². The maximum absolute atomic E-state index is 14.4. The summed E-state index contributed by atoms with van der Waals surface area (Å²) in [4.78, 5) is 1.16. The Morgan fingerprint density at radius 2 is 0.800 bits per heavy atom. The summed E-state index contributed by atoms with van der Waals surface area (Å²) in [6.07, 6.45) is -10.0. The number of rotatable bonds is 3. The Morgan fingerprint density at radius 3 is 1.20 bits per heavy atom. The summed E-state index contributed by atoms with van der Waals surface area (Å²) >= 11 is 0. The Balaban J connectivity index is 1.80. The van der Waals surface area contributed by atoms with E-state index in [0.717, 1.165) is 21.3 Å². The van der Waals surface area contributed by atoms with Crippen molar-refractivity contribution in [2.75, 3.05) is 4.90 Å². The molecule has 0 radical (unpaired) electrons. The minimum absolute atomic E-state index is 0.294. The Morgan fingerprint density at radius 1 is 0.425 bits per heavy atom. The van der Waals surface area contributed by atoms with Gasteiger partial charge in [0.25, 0.3) is 0 Å². The number of anilines is 3. The van der Waals surface area contributed by atoms with E-state index in [1.54, 1.807) is 36.4 Å².